The number of carbonyl (C=O) groups excluding carboxylic acids is 5. The third kappa shape index (κ3) is 15.3. The molecule has 14 nitrogen and oxygen atoms in total. The average Bonchev–Trinajstić information content (AvgIpc) is 3.29. The zero-order valence-corrected chi connectivity index (χ0v) is 27.1. The van der Waals surface area contributed by atoms with Gasteiger partial charge in [0, 0.05) is 19.2 Å². The Balaban J connectivity index is 1.92. The molecule has 0 saturated heterocycles. The minimum Gasteiger partial charge on any atom is -0.379 e. The number of amides is 4. The van der Waals surface area contributed by atoms with Crippen LogP contribution in [-0.2, 0) is 52.4 Å². The lowest BCUT2D eigenvalue weighted by molar-refractivity contribution is -0.145. The van der Waals surface area contributed by atoms with Crippen LogP contribution >= 0.6 is 0 Å². The summed E-state index contributed by atoms with van der Waals surface area (Å²) in [5, 5.41) is 2.76. The Hall–Kier alpha value is -2.75. The lowest BCUT2D eigenvalue weighted by Crippen LogP contribution is -2.59. The number of hydrogen-bond acceptors (Lipinski definition) is 11. The number of rotatable bonds is 26. The normalized spacial score (nSPS) is 14.0. The summed E-state index contributed by atoms with van der Waals surface area (Å²) < 4.78 is 32.5. The summed E-state index contributed by atoms with van der Waals surface area (Å²) in [5.74, 6) is -1.46. The molecule has 0 saturated carbocycles. The Morgan fingerprint density at radius 2 is 1.14 bits per heavy atom. The molecule has 1 N–H and O–H groups in total. The van der Waals surface area contributed by atoms with Crippen molar-refractivity contribution >= 4 is 29.4 Å². The molecule has 0 aliphatic carbocycles. The van der Waals surface area contributed by atoms with Crippen LogP contribution in [0.5, 0.6) is 0 Å². The molecular weight excluding hydrogens is 578 g/mol. The zero-order chi connectivity index (χ0) is 33.0. The van der Waals surface area contributed by atoms with E-state index in [1.165, 1.54) is 24.0 Å². The van der Waals surface area contributed by atoms with Crippen molar-refractivity contribution < 1.29 is 52.4 Å². The molecule has 1 aliphatic heterocycles. The van der Waals surface area contributed by atoms with Crippen LogP contribution in [-0.4, -0.2) is 144 Å². The van der Waals surface area contributed by atoms with Gasteiger partial charge in [0.05, 0.1) is 98.3 Å². The molecule has 252 valence electrons. The molecular formula is C30H51N3O11. The number of hydrogen-bond donors (Lipinski definition) is 1. The predicted molar refractivity (Wildman–Crippen MR) is 160 cm³/mol. The lowest BCUT2D eigenvalue weighted by atomic mass is 9.96. The molecule has 1 rings (SSSR count). The maximum Gasteiger partial charge on any atom is 0.253 e. The van der Waals surface area contributed by atoms with Gasteiger partial charge in [-0.05, 0) is 26.7 Å². The predicted octanol–water partition coefficient (Wildman–Crippen LogP) is 0.368. The van der Waals surface area contributed by atoms with Crippen molar-refractivity contribution in [3.63, 3.8) is 0 Å². The Labute approximate surface area is 260 Å². The van der Waals surface area contributed by atoms with E-state index in [9.17, 15) is 24.0 Å². The minimum absolute atomic E-state index is 0.0555. The largest absolute Gasteiger partial charge is 0.379 e. The summed E-state index contributed by atoms with van der Waals surface area (Å²) in [4.78, 5) is 62.5. The van der Waals surface area contributed by atoms with Gasteiger partial charge >= 0.3 is 0 Å². The van der Waals surface area contributed by atoms with Crippen LogP contribution in [0.3, 0.4) is 0 Å². The molecule has 0 unspecified atom stereocenters. The highest BCUT2D eigenvalue weighted by atomic mass is 16.6. The van der Waals surface area contributed by atoms with Gasteiger partial charge in [-0.15, -0.1) is 0 Å². The van der Waals surface area contributed by atoms with Gasteiger partial charge in [-0.2, -0.15) is 0 Å². The number of nitrogens with zero attached hydrogens (tertiary/aromatic N) is 2. The smallest absolute Gasteiger partial charge is 0.253 e. The highest BCUT2D eigenvalue weighted by molar-refractivity contribution is 6.12. The highest BCUT2D eigenvalue weighted by Gasteiger charge is 2.37. The molecule has 14 heteroatoms. The molecule has 0 radical (unpaired) electrons. The summed E-state index contributed by atoms with van der Waals surface area (Å²) >= 11 is 0. The van der Waals surface area contributed by atoms with E-state index in [1.54, 1.807) is 20.9 Å². The zero-order valence-electron chi connectivity index (χ0n) is 27.1. The van der Waals surface area contributed by atoms with Gasteiger partial charge in [-0.3, -0.25) is 28.9 Å². The fourth-order valence-corrected chi connectivity index (χ4v) is 3.86. The van der Waals surface area contributed by atoms with E-state index in [-0.39, 0.29) is 61.5 Å². The van der Waals surface area contributed by atoms with Crippen molar-refractivity contribution in [3.8, 4) is 0 Å². The van der Waals surface area contributed by atoms with Crippen molar-refractivity contribution in [1.82, 2.24) is 15.1 Å². The van der Waals surface area contributed by atoms with Crippen LogP contribution in [0.1, 0.15) is 41.0 Å². The van der Waals surface area contributed by atoms with Gasteiger partial charge in [0.25, 0.3) is 11.8 Å². The molecule has 0 aromatic heterocycles. The lowest BCUT2D eigenvalue weighted by Gasteiger charge is -2.36. The van der Waals surface area contributed by atoms with Gasteiger partial charge < -0.3 is 38.6 Å². The van der Waals surface area contributed by atoms with E-state index in [0.717, 1.165) is 4.90 Å². The van der Waals surface area contributed by atoms with Crippen molar-refractivity contribution in [3.05, 3.63) is 12.2 Å². The Morgan fingerprint density at radius 3 is 1.52 bits per heavy atom. The van der Waals surface area contributed by atoms with Crippen LogP contribution in [0, 0.1) is 5.92 Å². The number of imide groups is 1. The number of ether oxygens (including phenoxy) is 6. The third-order valence-corrected chi connectivity index (χ3v) is 6.84. The van der Waals surface area contributed by atoms with Crippen molar-refractivity contribution in [2.75, 3.05) is 92.9 Å². The van der Waals surface area contributed by atoms with Crippen LogP contribution in [0.4, 0.5) is 0 Å². The second-order valence-electron chi connectivity index (χ2n) is 10.9. The molecule has 4 amide bonds. The van der Waals surface area contributed by atoms with Gasteiger partial charge in [0.15, 0.2) is 5.78 Å². The van der Waals surface area contributed by atoms with Crippen molar-refractivity contribution in [2.24, 2.45) is 5.92 Å². The monoisotopic (exact) mass is 629 g/mol. The third-order valence-electron chi connectivity index (χ3n) is 6.84. The summed E-state index contributed by atoms with van der Waals surface area (Å²) in [6, 6.07) is -0.601. The van der Waals surface area contributed by atoms with E-state index in [0.29, 0.717) is 66.1 Å². The molecule has 1 heterocycles. The summed E-state index contributed by atoms with van der Waals surface area (Å²) in [6.45, 7) is 13.0. The molecule has 0 fully saturated rings. The molecule has 0 bridgehead atoms. The maximum atomic E-state index is 12.8. The molecule has 0 aromatic rings. The standard InChI is InChI=1S/C30H51N3O11/c1-23(2)28(24(3)34)31-29(38)30(4,5)32(6)25(35)9-11-39-13-15-41-17-19-43-21-22-44-20-18-42-16-14-40-12-10-33-26(36)7-8-27(33)37/h7-8,23,28H,9-22H2,1-6H3,(H,31,38)/t28-/m0/s1. The second kappa shape index (κ2) is 21.9. The summed E-state index contributed by atoms with van der Waals surface area (Å²) in [5.41, 5.74) is -1.13. The highest BCUT2D eigenvalue weighted by Crippen LogP contribution is 2.16. The first-order chi connectivity index (χ1) is 20.9. The summed E-state index contributed by atoms with van der Waals surface area (Å²) in [7, 11) is 1.56. The number of likely N-dealkylation sites (N-methyl/N-ethyl adjacent to an activating group) is 1. The molecule has 1 atom stereocenters. The average molecular weight is 630 g/mol. The van der Waals surface area contributed by atoms with E-state index in [4.69, 9.17) is 28.4 Å². The van der Waals surface area contributed by atoms with E-state index < -0.39 is 11.6 Å². The first-order valence-corrected chi connectivity index (χ1v) is 15.0. The quantitative estimate of drug-likeness (QED) is 0.104. The topological polar surface area (TPSA) is 159 Å². The Morgan fingerprint density at radius 1 is 0.750 bits per heavy atom. The molecule has 1 aliphatic rings. The van der Waals surface area contributed by atoms with E-state index in [2.05, 4.69) is 5.32 Å². The first kappa shape index (κ1) is 39.3. The second-order valence-corrected chi connectivity index (χ2v) is 10.9. The number of Topliss-reactive ketones (excluding diaryl/α,β-unsaturated/α-hetero) is 1. The molecule has 0 spiro atoms. The number of nitrogens with one attached hydrogen (secondary N) is 1. The number of carbonyl (C=O) groups is 5. The molecule has 44 heavy (non-hydrogen) atoms. The van der Waals surface area contributed by atoms with Crippen LogP contribution in [0.25, 0.3) is 0 Å². The molecule has 0 aromatic carbocycles. The van der Waals surface area contributed by atoms with Crippen LogP contribution < -0.4 is 5.32 Å². The van der Waals surface area contributed by atoms with Crippen molar-refractivity contribution in [2.45, 2.75) is 52.6 Å². The number of ketones is 1. The van der Waals surface area contributed by atoms with Gasteiger partial charge in [-0.25, -0.2) is 0 Å². The maximum absolute atomic E-state index is 12.8. The van der Waals surface area contributed by atoms with Crippen LogP contribution in [0.2, 0.25) is 0 Å². The summed E-state index contributed by atoms with van der Waals surface area (Å²) in [6.07, 6.45) is 2.60. The van der Waals surface area contributed by atoms with Gasteiger partial charge in [0.2, 0.25) is 11.8 Å². The fraction of sp³-hybridized carbons (Fsp3) is 0.767. The fourth-order valence-electron chi connectivity index (χ4n) is 3.86. The van der Waals surface area contributed by atoms with E-state index in [1.807, 2.05) is 13.8 Å². The Kier molecular flexibility index (Phi) is 19.5. The van der Waals surface area contributed by atoms with E-state index >= 15 is 0 Å². The first-order valence-electron chi connectivity index (χ1n) is 15.0. The van der Waals surface area contributed by atoms with Gasteiger partial charge in [-0.1, -0.05) is 13.8 Å². The minimum atomic E-state index is -1.13. The van der Waals surface area contributed by atoms with Crippen molar-refractivity contribution in [1.29, 1.82) is 0 Å². The van der Waals surface area contributed by atoms with Gasteiger partial charge in [0.1, 0.15) is 5.54 Å². The Bertz CT molecular complexity index is 921. The SMILES string of the molecule is CC(=O)[C@@H](NC(=O)C(C)(C)N(C)C(=O)CCOCCOCCOCCOCCOCCOCCN1C(=O)C=CC1=O)C(C)C. The van der Waals surface area contributed by atoms with Crippen LogP contribution in [0.15, 0.2) is 12.2 Å².